The lowest BCUT2D eigenvalue weighted by Gasteiger charge is -2.34. The molecule has 202 valence electrons. The minimum Gasteiger partial charge on any atom is -0.486 e. The number of ether oxygens (including phenoxy) is 1. The van der Waals surface area contributed by atoms with Crippen molar-refractivity contribution in [2.75, 3.05) is 37.7 Å². The molecule has 2 fully saturated rings. The monoisotopic (exact) mass is 557 g/mol. The third-order valence-corrected chi connectivity index (χ3v) is 7.37. The van der Waals surface area contributed by atoms with Crippen LogP contribution in [0.1, 0.15) is 24.0 Å². The van der Waals surface area contributed by atoms with Crippen LogP contribution in [0.2, 0.25) is 10.0 Å². The number of carboxylic acids is 1. The van der Waals surface area contributed by atoms with E-state index in [9.17, 15) is 23.8 Å². The average Bonchev–Trinajstić information content (AvgIpc) is 3.20. The minimum absolute atomic E-state index is 0.0602. The molecule has 11 heteroatoms. The van der Waals surface area contributed by atoms with Crippen LogP contribution in [0.15, 0.2) is 36.4 Å². The molecular formula is C26H31Cl2F2N3O4. The van der Waals surface area contributed by atoms with Crippen LogP contribution in [0.4, 0.5) is 14.5 Å². The van der Waals surface area contributed by atoms with Gasteiger partial charge >= 0.3 is 5.97 Å². The van der Waals surface area contributed by atoms with Gasteiger partial charge in [0.1, 0.15) is 12.4 Å². The van der Waals surface area contributed by atoms with Crippen molar-refractivity contribution in [3.63, 3.8) is 0 Å². The summed E-state index contributed by atoms with van der Waals surface area (Å²) in [4.78, 5) is 15.7. The van der Waals surface area contributed by atoms with Gasteiger partial charge in [0.15, 0.2) is 0 Å². The maximum absolute atomic E-state index is 12.7. The molecule has 0 radical (unpaired) electrons. The van der Waals surface area contributed by atoms with E-state index >= 15 is 0 Å². The topological polar surface area (TPSA) is 85.3 Å². The molecule has 37 heavy (non-hydrogen) atoms. The number of carbonyl (C=O) groups is 1. The number of anilines is 1. The molecule has 0 saturated carbocycles. The standard InChI is InChI=1S/C26H31Cl2F2N3O4/c27-18-3-1-16(2-4-18)12-32-7-5-19(6-8-32)31-21-13-33(14-23(21)34)22-11-24(37-15-25(29)30)20(28)9-17(22)10-26(35)36/h1-4,9,11,19,21,23,25,31,34H,5-8,10,12-15H2,(H,35,36)/t21?,23-/m1/s1. The zero-order valence-electron chi connectivity index (χ0n) is 20.3. The summed E-state index contributed by atoms with van der Waals surface area (Å²) < 4.78 is 30.5. The van der Waals surface area contributed by atoms with Gasteiger partial charge in [0.2, 0.25) is 0 Å². The van der Waals surface area contributed by atoms with Crippen LogP contribution in [-0.4, -0.2) is 78.5 Å². The molecule has 2 aliphatic heterocycles. The molecule has 0 aromatic heterocycles. The van der Waals surface area contributed by atoms with Crippen LogP contribution in [0, 0.1) is 0 Å². The molecule has 0 aliphatic carbocycles. The van der Waals surface area contributed by atoms with Gasteiger partial charge < -0.3 is 25.2 Å². The highest BCUT2D eigenvalue weighted by molar-refractivity contribution is 6.32. The van der Waals surface area contributed by atoms with Crippen molar-refractivity contribution in [1.29, 1.82) is 0 Å². The molecule has 0 bridgehead atoms. The molecular weight excluding hydrogens is 527 g/mol. The second-order valence-corrected chi connectivity index (χ2v) is 10.4. The molecule has 2 aliphatic rings. The smallest absolute Gasteiger partial charge is 0.307 e. The molecule has 2 heterocycles. The van der Waals surface area contributed by atoms with Gasteiger partial charge in [-0.1, -0.05) is 35.3 Å². The Morgan fingerprint density at radius 2 is 1.84 bits per heavy atom. The first-order valence-electron chi connectivity index (χ1n) is 12.3. The van der Waals surface area contributed by atoms with Crippen LogP contribution in [0.3, 0.4) is 0 Å². The molecule has 1 unspecified atom stereocenters. The number of piperidine rings is 1. The van der Waals surface area contributed by atoms with Gasteiger partial charge in [-0.3, -0.25) is 9.69 Å². The Balaban J connectivity index is 1.37. The Kier molecular flexibility index (Phi) is 9.47. The van der Waals surface area contributed by atoms with Crippen molar-refractivity contribution in [3.05, 3.63) is 57.6 Å². The van der Waals surface area contributed by atoms with Crippen molar-refractivity contribution in [2.45, 2.75) is 50.4 Å². The molecule has 2 aromatic rings. The Morgan fingerprint density at radius 3 is 2.49 bits per heavy atom. The highest BCUT2D eigenvalue weighted by Crippen LogP contribution is 2.36. The quantitative estimate of drug-likeness (QED) is 0.406. The van der Waals surface area contributed by atoms with Crippen molar-refractivity contribution in [3.8, 4) is 5.75 Å². The van der Waals surface area contributed by atoms with Crippen molar-refractivity contribution in [1.82, 2.24) is 10.2 Å². The van der Waals surface area contributed by atoms with E-state index in [2.05, 4.69) is 10.2 Å². The summed E-state index contributed by atoms with van der Waals surface area (Å²) in [5.74, 6) is -0.983. The van der Waals surface area contributed by atoms with Crippen LogP contribution in [-0.2, 0) is 17.8 Å². The largest absolute Gasteiger partial charge is 0.486 e. The number of benzene rings is 2. The van der Waals surface area contributed by atoms with Crippen molar-refractivity contribution in [2.24, 2.45) is 0 Å². The molecule has 0 spiro atoms. The second kappa shape index (κ2) is 12.6. The first-order valence-corrected chi connectivity index (χ1v) is 13.0. The normalized spacial score (nSPS) is 21.1. The van der Waals surface area contributed by atoms with Gasteiger partial charge in [-0.2, -0.15) is 0 Å². The fourth-order valence-electron chi connectivity index (χ4n) is 5.00. The number of likely N-dealkylation sites (tertiary alicyclic amines) is 1. The Bertz CT molecular complexity index is 1070. The number of hydrogen-bond acceptors (Lipinski definition) is 6. The van der Waals surface area contributed by atoms with E-state index < -0.39 is 25.1 Å². The van der Waals surface area contributed by atoms with E-state index in [1.54, 1.807) is 0 Å². The zero-order chi connectivity index (χ0) is 26.5. The Labute approximate surface area is 224 Å². The van der Waals surface area contributed by atoms with E-state index in [1.807, 2.05) is 29.2 Å². The fourth-order valence-corrected chi connectivity index (χ4v) is 5.37. The number of aliphatic hydroxyl groups excluding tert-OH is 1. The number of alkyl halides is 2. The van der Waals surface area contributed by atoms with Crippen molar-refractivity contribution >= 4 is 34.9 Å². The van der Waals surface area contributed by atoms with Crippen molar-refractivity contribution < 1.29 is 28.5 Å². The lowest BCUT2D eigenvalue weighted by Crippen LogP contribution is -2.49. The number of carboxylic acid groups (broad SMARTS) is 1. The fraction of sp³-hybridized carbons (Fsp3) is 0.500. The summed E-state index contributed by atoms with van der Waals surface area (Å²) in [6.07, 6.45) is -1.76. The average molecular weight is 558 g/mol. The maximum Gasteiger partial charge on any atom is 0.307 e. The molecule has 2 atom stereocenters. The third kappa shape index (κ3) is 7.67. The summed E-state index contributed by atoms with van der Waals surface area (Å²) in [7, 11) is 0. The van der Waals surface area contributed by atoms with Gasteiger partial charge in [0.05, 0.1) is 23.6 Å². The first-order chi connectivity index (χ1) is 17.7. The molecule has 2 aromatic carbocycles. The number of rotatable bonds is 10. The van der Waals surface area contributed by atoms with Crippen LogP contribution in [0.25, 0.3) is 0 Å². The predicted molar refractivity (Wildman–Crippen MR) is 139 cm³/mol. The first kappa shape index (κ1) is 27.9. The number of aliphatic carboxylic acids is 1. The Morgan fingerprint density at radius 1 is 1.14 bits per heavy atom. The van der Waals surface area contributed by atoms with E-state index in [4.69, 9.17) is 27.9 Å². The number of hydrogen-bond donors (Lipinski definition) is 3. The van der Waals surface area contributed by atoms with Crippen LogP contribution < -0.4 is 15.0 Å². The lowest BCUT2D eigenvalue weighted by atomic mass is 10.0. The molecule has 0 amide bonds. The zero-order valence-corrected chi connectivity index (χ0v) is 21.8. The summed E-state index contributed by atoms with van der Waals surface area (Å²) in [6.45, 7) is 2.61. The van der Waals surface area contributed by atoms with E-state index in [0.717, 1.165) is 37.5 Å². The molecule has 3 N–H and O–H groups in total. The SMILES string of the molecule is O=C(O)Cc1cc(Cl)c(OCC(F)F)cc1N1CC(NC2CCN(Cc3ccc(Cl)cc3)CC2)[C@H](O)C1. The molecule has 7 nitrogen and oxygen atoms in total. The van der Waals surface area contributed by atoms with E-state index in [-0.39, 0.29) is 35.8 Å². The minimum atomic E-state index is -2.67. The Hall–Kier alpha value is -2.17. The molecule has 2 saturated heterocycles. The highest BCUT2D eigenvalue weighted by Gasteiger charge is 2.35. The third-order valence-electron chi connectivity index (χ3n) is 6.83. The number of nitrogens with zero attached hydrogens (tertiary/aromatic N) is 2. The van der Waals surface area contributed by atoms with Crippen LogP contribution >= 0.6 is 23.2 Å². The molecule has 4 rings (SSSR count). The summed E-state index contributed by atoms with van der Waals surface area (Å²) in [5.41, 5.74) is 2.16. The van der Waals surface area contributed by atoms with Gasteiger partial charge in [0.25, 0.3) is 6.43 Å². The van der Waals surface area contributed by atoms with E-state index in [0.29, 0.717) is 17.8 Å². The lowest BCUT2D eigenvalue weighted by molar-refractivity contribution is -0.136. The van der Waals surface area contributed by atoms with Crippen LogP contribution in [0.5, 0.6) is 5.75 Å². The van der Waals surface area contributed by atoms with Gasteiger partial charge in [0, 0.05) is 42.5 Å². The van der Waals surface area contributed by atoms with E-state index in [1.165, 1.54) is 17.7 Å². The highest BCUT2D eigenvalue weighted by atomic mass is 35.5. The number of nitrogens with one attached hydrogen (secondary N) is 1. The predicted octanol–water partition coefficient (Wildman–Crippen LogP) is 4.07. The van der Waals surface area contributed by atoms with Gasteiger partial charge in [-0.25, -0.2) is 8.78 Å². The summed E-state index contributed by atoms with van der Waals surface area (Å²) in [6, 6.07) is 10.8. The van der Waals surface area contributed by atoms with Gasteiger partial charge in [-0.05, 0) is 55.3 Å². The number of β-amino-alcohol motifs (C(OH)–C–C–N with tert-alkyl or cyclic N) is 1. The second-order valence-electron chi connectivity index (χ2n) is 9.61. The number of aliphatic hydroxyl groups is 1. The summed E-state index contributed by atoms with van der Waals surface area (Å²) in [5, 5.41) is 24.5. The summed E-state index contributed by atoms with van der Waals surface area (Å²) >= 11 is 12.2. The number of halogens is 4. The van der Waals surface area contributed by atoms with Gasteiger partial charge in [-0.15, -0.1) is 0 Å². The maximum atomic E-state index is 12.7.